The Labute approximate surface area is 68.0 Å². The van der Waals surface area contributed by atoms with Crippen LogP contribution >= 0.6 is 9.24 Å². The van der Waals surface area contributed by atoms with Crippen molar-refractivity contribution < 1.29 is 0 Å². The second-order valence-corrected chi connectivity index (χ2v) is 4.78. The summed E-state index contributed by atoms with van der Waals surface area (Å²) >= 11 is 0. The van der Waals surface area contributed by atoms with Gasteiger partial charge in [-0.2, -0.15) is 0 Å². The van der Waals surface area contributed by atoms with E-state index in [0.717, 1.165) is 11.6 Å². The molecule has 0 fully saturated rings. The molecule has 0 amide bonds. The Morgan fingerprint density at radius 2 is 1.70 bits per heavy atom. The second kappa shape index (κ2) is 6.16. The molecule has 0 aromatic heterocycles. The minimum Gasteiger partial charge on any atom is -0.0652 e. The topological polar surface area (TPSA) is 0 Å². The van der Waals surface area contributed by atoms with Gasteiger partial charge in [0.15, 0.2) is 0 Å². The molecule has 0 nitrogen and oxygen atoms in total. The zero-order valence-electron chi connectivity index (χ0n) is 7.69. The van der Waals surface area contributed by atoms with E-state index in [-0.39, 0.29) is 0 Å². The highest BCUT2D eigenvalue weighted by molar-refractivity contribution is 7.17. The minimum atomic E-state index is 0.893. The highest BCUT2D eigenvalue weighted by atomic mass is 31.0. The lowest BCUT2D eigenvalue weighted by atomic mass is 10.0. The summed E-state index contributed by atoms with van der Waals surface area (Å²) in [5.41, 5.74) is 0.979. The van der Waals surface area contributed by atoms with Gasteiger partial charge >= 0.3 is 0 Å². The highest BCUT2D eigenvalue weighted by Crippen LogP contribution is 2.17. The maximum atomic E-state index is 2.31. The average molecular weight is 161 g/mol. The third kappa shape index (κ3) is 6.55. The molecule has 2 unspecified atom stereocenters. The number of hydrogen-bond donors (Lipinski definition) is 0. The van der Waals surface area contributed by atoms with Gasteiger partial charge in [-0.1, -0.05) is 27.2 Å². The van der Waals surface area contributed by atoms with E-state index >= 15 is 0 Å². The second-order valence-electron chi connectivity index (χ2n) is 3.63. The van der Waals surface area contributed by atoms with Crippen LogP contribution in [0, 0.1) is 5.92 Å². The van der Waals surface area contributed by atoms with E-state index in [2.05, 4.69) is 30.0 Å². The molecule has 0 saturated carbocycles. The fourth-order valence-electron chi connectivity index (χ4n) is 1.12. The first-order valence-electron chi connectivity index (χ1n) is 4.49. The van der Waals surface area contributed by atoms with Crippen LogP contribution in [0.2, 0.25) is 0 Å². The predicted molar refractivity (Wildman–Crippen MR) is 53.9 cm³/mol. The lowest BCUT2D eigenvalue weighted by Gasteiger charge is -2.07. The molecule has 0 aromatic rings. The monoisotopic (exact) mass is 161 g/mol. The lowest BCUT2D eigenvalue weighted by Crippen LogP contribution is -1.99. The van der Waals surface area contributed by atoms with Crippen LogP contribution in [0.4, 0.5) is 0 Å². The largest absolute Gasteiger partial charge is 0.0652 e. The van der Waals surface area contributed by atoms with Crippen LogP contribution in [0.25, 0.3) is 0 Å². The van der Waals surface area contributed by atoms with Crippen molar-refractivity contribution in [2.75, 3.05) is 0 Å². The Balaban J connectivity index is 3.12. The van der Waals surface area contributed by atoms with Crippen molar-refractivity contribution in [1.29, 1.82) is 0 Å². The van der Waals surface area contributed by atoms with Crippen molar-refractivity contribution >= 4 is 9.24 Å². The number of rotatable bonds is 5. The van der Waals surface area contributed by atoms with E-state index in [1.165, 1.54) is 25.7 Å². The molecule has 0 spiro atoms. The van der Waals surface area contributed by atoms with Crippen LogP contribution in [-0.2, 0) is 0 Å². The average Bonchev–Trinajstić information content (AvgIpc) is 1.85. The molecule has 2 atom stereocenters. The van der Waals surface area contributed by atoms with Crippen molar-refractivity contribution in [1.82, 2.24) is 0 Å². The van der Waals surface area contributed by atoms with Gasteiger partial charge in [0.05, 0.1) is 5.66 Å². The zero-order chi connectivity index (χ0) is 7.98. The first kappa shape index (κ1) is 10.4. The van der Waals surface area contributed by atoms with Crippen LogP contribution in [-0.4, -0.2) is 5.66 Å². The fraction of sp³-hybridized carbons (Fsp3) is 1.00. The summed E-state index contributed by atoms with van der Waals surface area (Å²) in [5.74, 6) is 0.893. The van der Waals surface area contributed by atoms with Gasteiger partial charge in [-0.05, 0) is 34.4 Å². The van der Waals surface area contributed by atoms with Crippen molar-refractivity contribution in [3.8, 4) is 0 Å². The Kier molecular flexibility index (Phi) is 6.43. The van der Waals surface area contributed by atoms with E-state index in [9.17, 15) is 0 Å². The molecule has 1 heteroatoms. The Morgan fingerprint density at radius 1 is 1.10 bits per heavy atom. The third-order valence-corrected chi connectivity index (χ3v) is 2.67. The SMILES string of the molecule is CCCC([PH3+])CCC(C)C. The van der Waals surface area contributed by atoms with Crippen molar-refractivity contribution in [2.45, 2.75) is 52.1 Å². The quantitative estimate of drug-likeness (QED) is 0.543. The molecule has 0 N–H and O–H groups in total. The van der Waals surface area contributed by atoms with Gasteiger partial charge in [-0.3, -0.25) is 0 Å². The minimum absolute atomic E-state index is 0.893. The molecule has 0 saturated heterocycles. The molecule has 10 heavy (non-hydrogen) atoms. The summed E-state index contributed by atoms with van der Waals surface area (Å²) in [4.78, 5) is 0. The molecule has 0 rings (SSSR count). The molecule has 0 aliphatic heterocycles. The van der Waals surface area contributed by atoms with E-state index in [1.807, 2.05) is 0 Å². The van der Waals surface area contributed by atoms with Gasteiger partial charge in [0.25, 0.3) is 0 Å². The van der Waals surface area contributed by atoms with Crippen LogP contribution < -0.4 is 0 Å². The van der Waals surface area contributed by atoms with Gasteiger partial charge in [0.2, 0.25) is 0 Å². The standard InChI is InChI=1S/C9H21P/c1-4-5-9(10)7-6-8(2)3/h8-9H,4-7,10H2,1-3H3/p+1. The van der Waals surface area contributed by atoms with Crippen LogP contribution in [0.1, 0.15) is 46.5 Å². The highest BCUT2D eigenvalue weighted by Gasteiger charge is 2.05. The fourth-order valence-corrected chi connectivity index (χ4v) is 1.77. The molecule has 0 aliphatic rings. The summed E-state index contributed by atoms with van der Waals surface area (Å²) in [6.45, 7) is 6.89. The molecular weight excluding hydrogens is 139 g/mol. The molecule has 0 heterocycles. The molecule has 0 aliphatic carbocycles. The van der Waals surface area contributed by atoms with Crippen molar-refractivity contribution in [3.63, 3.8) is 0 Å². The van der Waals surface area contributed by atoms with Crippen LogP contribution in [0.5, 0.6) is 0 Å². The summed E-state index contributed by atoms with van der Waals surface area (Å²) in [6, 6.07) is 0. The molecule has 62 valence electrons. The van der Waals surface area contributed by atoms with Gasteiger partial charge < -0.3 is 0 Å². The third-order valence-electron chi connectivity index (χ3n) is 1.85. The van der Waals surface area contributed by atoms with Gasteiger partial charge in [-0.25, -0.2) is 0 Å². The van der Waals surface area contributed by atoms with Crippen molar-refractivity contribution in [3.05, 3.63) is 0 Å². The molecule has 0 bridgehead atoms. The van der Waals surface area contributed by atoms with Crippen molar-refractivity contribution in [2.24, 2.45) is 5.92 Å². The van der Waals surface area contributed by atoms with Gasteiger partial charge in [-0.15, -0.1) is 0 Å². The number of hydrogen-bond acceptors (Lipinski definition) is 0. The summed E-state index contributed by atoms with van der Waals surface area (Å²) in [5, 5.41) is 0. The first-order chi connectivity index (χ1) is 4.66. The van der Waals surface area contributed by atoms with E-state index < -0.39 is 0 Å². The molecule has 0 aromatic carbocycles. The van der Waals surface area contributed by atoms with E-state index in [1.54, 1.807) is 0 Å². The molecular formula is C9H22P+. The maximum absolute atomic E-state index is 2.31. The Hall–Kier alpha value is 0.430. The zero-order valence-corrected chi connectivity index (χ0v) is 9.10. The summed E-state index contributed by atoms with van der Waals surface area (Å²) < 4.78 is 0. The van der Waals surface area contributed by atoms with Crippen LogP contribution in [0.3, 0.4) is 0 Å². The van der Waals surface area contributed by atoms with Crippen LogP contribution in [0.15, 0.2) is 0 Å². The van der Waals surface area contributed by atoms with E-state index in [4.69, 9.17) is 0 Å². The molecule has 0 radical (unpaired) electrons. The first-order valence-corrected chi connectivity index (χ1v) is 5.31. The van der Waals surface area contributed by atoms with Gasteiger partial charge in [0, 0.05) is 0 Å². The van der Waals surface area contributed by atoms with E-state index in [0.29, 0.717) is 0 Å². The smallest absolute Gasteiger partial charge is 0.0630 e. The maximum Gasteiger partial charge on any atom is 0.0630 e. The predicted octanol–water partition coefficient (Wildman–Crippen LogP) is 3.20. The van der Waals surface area contributed by atoms with Gasteiger partial charge in [0.1, 0.15) is 0 Å². The summed E-state index contributed by atoms with van der Waals surface area (Å²) in [6.07, 6.45) is 5.62. The Bertz CT molecular complexity index is 69.1. The lowest BCUT2D eigenvalue weighted by molar-refractivity contribution is 0.532. The Morgan fingerprint density at radius 3 is 2.10 bits per heavy atom. The normalized spacial score (nSPS) is 14.4. The summed E-state index contributed by atoms with van der Waals surface area (Å²) in [7, 11) is 2.17.